The van der Waals surface area contributed by atoms with E-state index in [2.05, 4.69) is 36.3 Å². The second kappa shape index (κ2) is 11.7. The molecular weight excluding hydrogens is 476 g/mol. The van der Waals surface area contributed by atoms with E-state index in [1.807, 2.05) is 36.1 Å². The second-order valence-electron chi connectivity index (χ2n) is 11.3. The Labute approximate surface area is 226 Å². The molecule has 0 bridgehead atoms. The summed E-state index contributed by atoms with van der Waals surface area (Å²) < 4.78 is 11.0. The number of aliphatic hydroxyl groups is 1. The van der Waals surface area contributed by atoms with Crippen LogP contribution in [0, 0.1) is 25.7 Å². The van der Waals surface area contributed by atoms with Gasteiger partial charge in [0, 0.05) is 29.8 Å². The lowest BCUT2D eigenvalue weighted by molar-refractivity contribution is -0.124. The van der Waals surface area contributed by atoms with Crippen molar-refractivity contribution in [2.45, 2.75) is 77.2 Å². The molecule has 0 unspecified atom stereocenters. The van der Waals surface area contributed by atoms with Crippen LogP contribution >= 0.6 is 0 Å². The second-order valence-corrected chi connectivity index (χ2v) is 11.3. The van der Waals surface area contributed by atoms with Crippen LogP contribution in [-0.2, 0) is 4.79 Å². The van der Waals surface area contributed by atoms with E-state index in [0.717, 1.165) is 67.8 Å². The molecule has 6 heteroatoms. The first-order chi connectivity index (χ1) is 18.4. The average molecular weight is 517 g/mol. The van der Waals surface area contributed by atoms with Gasteiger partial charge in [-0.15, -0.1) is 0 Å². The molecule has 2 aromatic carbocycles. The maximum absolute atomic E-state index is 13.9. The Kier molecular flexibility index (Phi) is 8.18. The van der Waals surface area contributed by atoms with Gasteiger partial charge in [0.1, 0.15) is 5.75 Å². The summed E-state index contributed by atoms with van der Waals surface area (Å²) in [5.74, 6) is 2.82. The third-order valence-electron chi connectivity index (χ3n) is 8.56. The summed E-state index contributed by atoms with van der Waals surface area (Å²) in [4.78, 5) is 15.9. The monoisotopic (exact) mass is 516 g/mol. The van der Waals surface area contributed by atoms with Crippen LogP contribution in [0.5, 0.6) is 5.75 Å². The number of carbonyl (C=O) groups is 1. The molecule has 2 aliphatic carbocycles. The Morgan fingerprint density at radius 3 is 2.42 bits per heavy atom. The zero-order valence-corrected chi connectivity index (χ0v) is 22.9. The van der Waals surface area contributed by atoms with Crippen LogP contribution < -0.4 is 9.64 Å². The zero-order valence-electron chi connectivity index (χ0n) is 22.9. The third kappa shape index (κ3) is 5.96. The fraction of sp³-hybridized carbons (Fsp3) is 0.500. The minimum Gasteiger partial charge on any atom is -0.496 e. The van der Waals surface area contributed by atoms with Gasteiger partial charge in [-0.2, -0.15) is 0 Å². The van der Waals surface area contributed by atoms with Gasteiger partial charge < -0.3 is 19.3 Å². The quantitative estimate of drug-likeness (QED) is 0.373. The number of hydrogen-bond acceptors (Lipinski definition) is 5. The van der Waals surface area contributed by atoms with E-state index in [1.165, 1.54) is 11.1 Å². The maximum Gasteiger partial charge on any atom is 0.230 e. The van der Waals surface area contributed by atoms with Crippen LogP contribution in [0.3, 0.4) is 0 Å². The molecule has 3 aromatic rings. The number of amides is 1. The van der Waals surface area contributed by atoms with E-state index in [9.17, 15) is 9.90 Å². The number of aliphatic hydroxyl groups excluding tert-OH is 1. The van der Waals surface area contributed by atoms with Crippen LogP contribution in [0.2, 0.25) is 0 Å². The van der Waals surface area contributed by atoms with Crippen molar-refractivity contribution in [1.29, 1.82) is 0 Å². The highest BCUT2D eigenvalue weighted by atomic mass is 16.5. The SMILES string of the molecule is COc1ccc([C@H]2CC[C@H](CN(c3cccc(-c4cc(C)no4)c3)C(=O)[C@H]3CC[C@H](O)CC3)CC2)cc1C. The first-order valence-corrected chi connectivity index (χ1v) is 14.1. The van der Waals surface area contributed by atoms with E-state index in [0.29, 0.717) is 30.4 Å². The molecule has 0 aliphatic heterocycles. The lowest BCUT2D eigenvalue weighted by atomic mass is 9.78. The smallest absolute Gasteiger partial charge is 0.230 e. The number of aromatic nitrogens is 1. The number of methoxy groups -OCH3 is 1. The molecule has 2 fully saturated rings. The first-order valence-electron chi connectivity index (χ1n) is 14.1. The Bertz CT molecular complexity index is 1240. The van der Waals surface area contributed by atoms with Crippen LogP contribution in [-0.4, -0.2) is 35.9 Å². The van der Waals surface area contributed by atoms with Crippen LogP contribution in [0.4, 0.5) is 5.69 Å². The van der Waals surface area contributed by atoms with Crippen LogP contribution in [0.25, 0.3) is 11.3 Å². The van der Waals surface area contributed by atoms with E-state index < -0.39 is 0 Å². The fourth-order valence-corrected chi connectivity index (χ4v) is 6.28. The molecule has 38 heavy (non-hydrogen) atoms. The molecule has 1 amide bonds. The molecule has 0 radical (unpaired) electrons. The van der Waals surface area contributed by atoms with Crippen molar-refractivity contribution in [3.63, 3.8) is 0 Å². The van der Waals surface area contributed by atoms with Gasteiger partial charge in [-0.1, -0.05) is 29.4 Å². The van der Waals surface area contributed by atoms with Crippen LogP contribution in [0.15, 0.2) is 53.1 Å². The first kappa shape index (κ1) is 26.5. The van der Waals surface area contributed by atoms with Gasteiger partial charge in [0.2, 0.25) is 5.91 Å². The molecule has 0 spiro atoms. The molecule has 1 N–H and O–H groups in total. The van der Waals surface area contributed by atoms with Crippen molar-refractivity contribution in [3.05, 3.63) is 65.4 Å². The molecular formula is C32H40N2O4. The number of ether oxygens (including phenoxy) is 1. The Hall–Kier alpha value is -3.12. The molecule has 6 nitrogen and oxygen atoms in total. The predicted octanol–water partition coefficient (Wildman–Crippen LogP) is 6.83. The number of aryl methyl sites for hydroxylation is 2. The maximum atomic E-state index is 13.9. The number of nitrogens with zero attached hydrogens (tertiary/aromatic N) is 2. The Balaban J connectivity index is 1.32. The molecule has 5 rings (SSSR count). The predicted molar refractivity (Wildman–Crippen MR) is 149 cm³/mol. The van der Waals surface area contributed by atoms with E-state index in [1.54, 1.807) is 7.11 Å². The topological polar surface area (TPSA) is 75.8 Å². The van der Waals surface area contributed by atoms with Gasteiger partial charge in [0.25, 0.3) is 0 Å². The molecule has 0 saturated heterocycles. The molecule has 202 valence electrons. The largest absolute Gasteiger partial charge is 0.496 e. The van der Waals surface area contributed by atoms with Gasteiger partial charge in [0.15, 0.2) is 5.76 Å². The normalized spacial score (nSPS) is 23.7. The van der Waals surface area contributed by atoms with E-state index in [4.69, 9.17) is 9.26 Å². The number of anilines is 1. The zero-order chi connectivity index (χ0) is 26.6. The summed E-state index contributed by atoms with van der Waals surface area (Å²) in [7, 11) is 1.72. The number of carbonyl (C=O) groups excluding carboxylic acids is 1. The highest BCUT2D eigenvalue weighted by molar-refractivity contribution is 5.95. The lowest BCUT2D eigenvalue weighted by Crippen LogP contribution is -2.41. The van der Waals surface area contributed by atoms with Crippen molar-refractivity contribution < 1.29 is 19.2 Å². The van der Waals surface area contributed by atoms with Crippen molar-refractivity contribution in [1.82, 2.24) is 5.16 Å². The van der Waals surface area contributed by atoms with Gasteiger partial charge in [-0.05, 0) is 106 Å². The van der Waals surface area contributed by atoms with E-state index >= 15 is 0 Å². The number of hydrogen-bond donors (Lipinski definition) is 1. The highest BCUT2D eigenvalue weighted by Crippen LogP contribution is 2.39. The summed E-state index contributed by atoms with van der Waals surface area (Å²) in [6.45, 7) is 4.74. The Morgan fingerprint density at radius 1 is 1.00 bits per heavy atom. The molecule has 2 aliphatic rings. The summed E-state index contributed by atoms with van der Waals surface area (Å²) in [5, 5.41) is 14.0. The standard InChI is InChI=1S/C32H40N2O4/c1-21-17-26(13-16-30(21)37-3)24-9-7-23(8-10-24)20-34(32(36)25-11-14-29(35)15-12-25)28-6-4-5-27(19-28)31-18-22(2)33-38-31/h4-6,13,16-19,23-25,29,35H,7-12,14-15,20H2,1-3H3/t23-,24-,25-,29-. The Morgan fingerprint density at radius 2 is 1.76 bits per heavy atom. The lowest BCUT2D eigenvalue weighted by Gasteiger charge is -2.36. The highest BCUT2D eigenvalue weighted by Gasteiger charge is 2.32. The number of benzene rings is 2. The van der Waals surface area contributed by atoms with Crippen molar-refractivity contribution in [2.75, 3.05) is 18.6 Å². The third-order valence-corrected chi connectivity index (χ3v) is 8.56. The summed E-state index contributed by atoms with van der Waals surface area (Å²) in [6, 6.07) is 16.6. The molecule has 2 saturated carbocycles. The molecule has 1 heterocycles. The van der Waals surface area contributed by atoms with E-state index in [-0.39, 0.29) is 17.9 Å². The summed E-state index contributed by atoms with van der Waals surface area (Å²) in [5.41, 5.74) is 5.26. The van der Waals surface area contributed by atoms with Crippen molar-refractivity contribution in [3.8, 4) is 17.1 Å². The van der Waals surface area contributed by atoms with Gasteiger partial charge in [0.05, 0.1) is 18.9 Å². The van der Waals surface area contributed by atoms with Crippen LogP contribution in [0.1, 0.15) is 74.1 Å². The number of rotatable bonds is 7. The van der Waals surface area contributed by atoms with Gasteiger partial charge >= 0.3 is 0 Å². The van der Waals surface area contributed by atoms with Crippen molar-refractivity contribution >= 4 is 11.6 Å². The summed E-state index contributed by atoms with van der Waals surface area (Å²) in [6.07, 6.45) is 7.09. The van der Waals surface area contributed by atoms with Crippen molar-refractivity contribution in [2.24, 2.45) is 11.8 Å². The van der Waals surface area contributed by atoms with Gasteiger partial charge in [-0.25, -0.2) is 0 Å². The van der Waals surface area contributed by atoms with Gasteiger partial charge in [-0.3, -0.25) is 4.79 Å². The molecule has 0 atom stereocenters. The minimum atomic E-state index is -0.276. The minimum absolute atomic E-state index is 0.0341. The fourth-order valence-electron chi connectivity index (χ4n) is 6.28. The summed E-state index contributed by atoms with van der Waals surface area (Å²) >= 11 is 0. The average Bonchev–Trinajstić information content (AvgIpc) is 3.38. The molecule has 1 aromatic heterocycles.